The smallest absolute Gasteiger partial charge is 0.303 e. The van der Waals surface area contributed by atoms with Gasteiger partial charge in [0.2, 0.25) is 0 Å². The van der Waals surface area contributed by atoms with Crippen LogP contribution in [0.2, 0.25) is 0 Å². The molecule has 2 heteroatoms. The van der Waals surface area contributed by atoms with E-state index in [0.717, 1.165) is 18.4 Å². The quantitative estimate of drug-likeness (QED) is 0.537. The second kappa shape index (κ2) is 7.04. The van der Waals surface area contributed by atoms with Crippen LogP contribution in [0.1, 0.15) is 51.2 Å². The Morgan fingerprint density at radius 3 is 2.50 bits per heavy atom. The van der Waals surface area contributed by atoms with E-state index in [4.69, 9.17) is 4.74 Å². The van der Waals surface area contributed by atoms with Crippen molar-refractivity contribution in [2.75, 3.05) is 0 Å². The molecule has 0 fully saturated rings. The van der Waals surface area contributed by atoms with Crippen LogP contribution in [0.15, 0.2) is 30.3 Å². The van der Waals surface area contributed by atoms with Crippen molar-refractivity contribution in [3.05, 3.63) is 35.9 Å². The van der Waals surface area contributed by atoms with E-state index in [1.165, 1.54) is 19.8 Å². The summed E-state index contributed by atoms with van der Waals surface area (Å²) in [5, 5.41) is 0. The molecule has 0 aliphatic rings. The van der Waals surface area contributed by atoms with Crippen LogP contribution in [0.5, 0.6) is 0 Å². The van der Waals surface area contributed by atoms with Crippen LogP contribution in [0.4, 0.5) is 0 Å². The molecule has 1 aromatic carbocycles. The van der Waals surface area contributed by atoms with Gasteiger partial charge in [0, 0.05) is 6.92 Å². The number of unbranched alkanes of at least 4 members (excludes halogenated alkanes) is 2. The number of carbonyl (C=O) groups is 1. The Bertz CT molecular complexity index is 306. The van der Waals surface area contributed by atoms with Crippen molar-refractivity contribution in [2.24, 2.45) is 0 Å². The minimum Gasteiger partial charge on any atom is -0.458 e. The van der Waals surface area contributed by atoms with Crippen LogP contribution < -0.4 is 0 Å². The molecule has 0 aliphatic carbocycles. The van der Waals surface area contributed by atoms with E-state index >= 15 is 0 Å². The predicted molar refractivity (Wildman–Crippen MR) is 65.1 cm³/mol. The van der Waals surface area contributed by atoms with Crippen LogP contribution in [0, 0.1) is 0 Å². The highest BCUT2D eigenvalue weighted by Gasteiger charge is 2.13. The number of rotatable bonds is 6. The maximum absolute atomic E-state index is 11.0. The Kier molecular flexibility index (Phi) is 5.62. The van der Waals surface area contributed by atoms with E-state index in [-0.39, 0.29) is 12.1 Å². The van der Waals surface area contributed by atoms with Gasteiger partial charge in [0.05, 0.1) is 0 Å². The molecule has 0 bridgehead atoms. The number of carbonyl (C=O) groups excluding carboxylic acids is 1. The molecule has 1 atom stereocenters. The van der Waals surface area contributed by atoms with E-state index < -0.39 is 0 Å². The Morgan fingerprint density at radius 2 is 1.94 bits per heavy atom. The van der Waals surface area contributed by atoms with Gasteiger partial charge in [-0.3, -0.25) is 4.79 Å². The summed E-state index contributed by atoms with van der Waals surface area (Å²) in [7, 11) is 0. The van der Waals surface area contributed by atoms with Gasteiger partial charge in [-0.15, -0.1) is 0 Å². The van der Waals surface area contributed by atoms with Crippen molar-refractivity contribution in [3.8, 4) is 0 Å². The summed E-state index contributed by atoms with van der Waals surface area (Å²) in [4.78, 5) is 11.0. The zero-order valence-corrected chi connectivity index (χ0v) is 10.1. The maximum atomic E-state index is 11.0. The molecule has 88 valence electrons. The molecule has 0 saturated carbocycles. The molecule has 2 nitrogen and oxygen atoms in total. The summed E-state index contributed by atoms with van der Waals surface area (Å²) < 4.78 is 5.34. The lowest BCUT2D eigenvalue weighted by atomic mass is 10.0. The molecule has 0 heterocycles. The van der Waals surface area contributed by atoms with Crippen LogP contribution in [-0.4, -0.2) is 5.97 Å². The zero-order chi connectivity index (χ0) is 11.8. The van der Waals surface area contributed by atoms with Crippen molar-refractivity contribution in [3.63, 3.8) is 0 Å². The first-order valence-electron chi connectivity index (χ1n) is 5.96. The third-order valence-electron chi connectivity index (χ3n) is 2.55. The van der Waals surface area contributed by atoms with E-state index in [2.05, 4.69) is 6.92 Å². The van der Waals surface area contributed by atoms with E-state index in [1.807, 2.05) is 30.3 Å². The van der Waals surface area contributed by atoms with Gasteiger partial charge in [-0.1, -0.05) is 50.1 Å². The maximum Gasteiger partial charge on any atom is 0.303 e. The second-order valence-corrected chi connectivity index (χ2v) is 4.00. The molecule has 0 amide bonds. The Labute approximate surface area is 97.6 Å². The van der Waals surface area contributed by atoms with Crippen LogP contribution in [0.3, 0.4) is 0 Å². The summed E-state index contributed by atoms with van der Waals surface area (Å²) >= 11 is 0. The number of ether oxygens (including phenoxy) is 1. The van der Waals surface area contributed by atoms with Gasteiger partial charge in [-0.2, -0.15) is 0 Å². The highest BCUT2D eigenvalue weighted by atomic mass is 16.5. The molecule has 1 aromatic rings. The van der Waals surface area contributed by atoms with E-state index in [0.29, 0.717) is 0 Å². The normalized spacial score (nSPS) is 12.1. The van der Waals surface area contributed by atoms with Crippen molar-refractivity contribution in [2.45, 2.75) is 45.6 Å². The van der Waals surface area contributed by atoms with Gasteiger partial charge in [0.15, 0.2) is 0 Å². The number of hydrogen-bond donors (Lipinski definition) is 0. The van der Waals surface area contributed by atoms with E-state index in [9.17, 15) is 4.79 Å². The average molecular weight is 220 g/mol. The third kappa shape index (κ3) is 4.47. The summed E-state index contributed by atoms with van der Waals surface area (Å²) in [6.45, 7) is 3.64. The Morgan fingerprint density at radius 1 is 1.25 bits per heavy atom. The molecule has 0 aliphatic heterocycles. The van der Waals surface area contributed by atoms with Crippen LogP contribution in [0.25, 0.3) is 0 Å². The molecule has 0 aromatic heterocycles. The lowest BCUT2D eigenvalue weighted by Gasteiger charge is -2.17. The van der Waals surface area contributed by atoms with Gasteiger partial charge < -0.3 is 4.74 Å². The van der Waals surface area contributed by atoms with Gasteiger partial charge in [0.1, 0.15) is 6.10 Å². The fraction of sp³-hybridized carbons (Fsp3) is 0.500. The molecular weight excluding hydrogens is 200 g/mol. The molecule has 1 rings (SSSR count). The highest BCUT2D eigenvalue weighted by Crippen LogP contribution is 2.23. The molecule has 16 heavy (non-hydrogen) atoms. The van der Waals surface area contributed by atoms with Crippen molar-refractivity contribution in [1.82, 2.24) is 0 Å². The van der Waals surface area contributed by atoms with Crippen molar-refractivity contribution in [1.29, 1.82) is 0 Å². The van der Waals surface area contributed by atoms with Gasteiger partial charge in [-0.05, 0) is 18.4 Å². The first-order valence-corrected chi connectivity index (χ1v) is 5.96. The lowest BCUT2D eigenvalue weighted by Crippen LogP contribution is -2.08. The third-order valence-corrected chi connectivity index (χ3v) is 2.55. The number of esters is 1. The SMILES string of the molecule is CCCCCC(OC(C)=O)c1ccccc1. The second-order valence-electron chi connectivity index (χ2n) is 4.00. The largest absolute Gasteiger partial charge is 0.458 e. The van der Waals surface area contributed by atoms with Crippen molar-refractivity contribution < 1.29 is 9.53 Å². The van der Waals surface area contributed by atoms with Gasteiger partial charge >= 0.3 is 5.97 Å². The molecule has 0 spiro atoms. The molecular formula is C14H20O2. The Hall–Kier alpha value is -1.31. The van der Waals surface area contributed by atoms with E-state index in [1.54, 1.807) is 0 Å². The Balaban J connectivity index is 2.60. The van der Waals surface area contributed by atoms with Gasteiger partial charge in [-0.25, -0.2) is 0 Å². The zero-order valence-electron chi connectivity index (χ0n) is 10.1. The molecule has 0 saturated heterocycles. The van der Waals surface area contributed by atoms with Crippen LogP contribution >= 0.6 is 0 Å². The number of benzene rings is 1. The highest BCUT2D eigenvalue weighted by molar-refractivity contribution is 5.66. The predicted octanol–water partition coefficient (Wildman–Crippen LogP) is 3.87. The minimum absolute atomic E-state index is 0.0785. The van der Waals surface area contributed by atoms with Crippen LogP contribution in [-0.2, 0) is 9.53 Å². The fourth-order valence-electron chi connectivity index (χ4n) is 1.74. The summed E-state index contributed by atoms with van der Waals surface area (Å²) in [5.41, 5.74) is 1.09. The summed E-state index contributed by atoms with van der Waals surface area (Å²) in [6.07, 6.45) is 4.30. The van der Waals surface area contributed by atoms with Crippen molar-refractivity contribution >= 4 is 5.97 Å². The summed E-state index contributed by atoms with van der Waals surface area (Å²) in [5.74, 6) is -0.203. The first-order chi connectivity index (χ1) is 7.74. The number of hydrogen-bond acceptors (Lipinski definition) is 2. The average Bonchev–Trinajstić information content (AvgIpc) is 2.29. The standard InChI is InChI=1S/C14H20O2/c1-3-4-6-11-14(16-12(2)15)13-9-7-5-8-10-13/h5,7-10,14H,3-4,6,11H2,1-2H3. The molecule has 0 N–H and O–H groups in total. The molecule has 1 unspecified atom stereocenters. The topological polar surface area (TPSA) is 26.3 Å². The minimum atomic E-state index is -0.203. The fourth-order valence-corrected chi connectivity index (χ4v) is 1.74. The van der Waals surface area contributed by atoms with Gasteiger partial charge in [0.25, 0.3) is 0 Å². The monoisotopic (exact) mass is 220 g/mol. The molecule has 0 radical (unpaired) electrons. The lowest BCUT2D eigenvalue weighted by molar-refractivity contribution is -0.147. The first kappa shape index (κ1) is 12.8. The summed E-state index contributed by atoms with van der Waals surface area (Å²) in [6, 6.07) is 9.96.